The Morgan fingerprint density at radius 1 is 0.974 bits per heavy atom. The minimum Gasteiger partial charge on any atom is -0.393 e. The van der Waals surface area contributed by atoms with Crippen molar-refractivity contribution in [1.82, 2.24) is 0 Å². The molecule has 0 saturated carbocycles. The molecule has 6 nitrogen and oxygen atoms in total. The zero-order chi connectivity index (χ0) is 27.4. The maximum absolute atomic E-state index is 15.3. The Labute approximate surface area is 225 Å². The van der Waals surface area contributed by atoms with Crippen molar-refractivity contribution < 1.29 is 33.0 Å². The molecule has 0 aromatic heterocycles. The summed E-state index contributed by atoms with van der Waals surface area (Å²) in [4.78, 5) is 28.7. The van der Waals surface area contributed by atoms with E-state index in [1.807, 2.05) is 0 Å². The van der Waals surface area contributed by atoms with Crippen LogP contribution in [0.25, 0.3) is 0 Å². The summed E-state index contributed by atoms with van der Waals surface area (Å²) in [5.74, 6) is -5.85. The quantitative estimate of drug-likeness (QED) is 0.458. The Morgan fingerprint density at radius 3 is 2.37 bits per heavy atom. The first-order chi connectivity index (χ1) is 18.0. The third-order valence-electron chi connectivity index (χ3n) is 7.06. The lowest BCUT2D eigenvalue weighted by molar-refractivity contribution is -0.205. The highest BCUT2D eigenvalue weighted by Gasteiger charge is 2.56. The van der Waals surface area contributed by atoms with Crippen LogP contribution < -0.4 is 9.80 Å². The van der Waals surface area contributed by atoms with E-state index in [-0.39, 0.29) is 28.5 Å². The second-order valence-electron chi connectivity index (χ2n) is 9.27. The van der Waals surface area contributed by atoms with E-state index in [1.165, 1.54) is 29.2 Å². The highest BCUT2D eigenvalue weighted by molar-refractivity contribution is 6.31. The Hall–Kier alpha value is -3.11. The number of aliphatic hydroxyl groups excluding tert-OH is 1. The van der Waals surface area contributed by atoms with Crippen molar-refractivity contribution in [3.63, 3.8) is 0 Å². The standard InChI is InChI=1S/C27H21Cl2F3N2O4/c28-17-2-4-19-15(11-17)7-9-33(25(19)37)23-5-1-16(12-21(23)30)24(36)34-10-8-27(31,32)26(38,14-35)20-13-18(29)3-6-22(20)34/h1-6,11-13,35,38H,7-10,14H2/t26-/m0/s1. The lowest BCUT2D eigenvalue weighted by Gasteiger charge is -2.33. The summed E-state index contributed by atoms with van der Waals surface area (Å²) in [6, 6.07) is 12.1. The zero-order valence-electron chi connectivity index (χ0n) is 19.7. The number of halogens is 5. The van der Waals surface area contributed by atoms with Crippen LogP contribution in [0.1, 0.15) is 38.3 Å². The molecule has 2 aliphatic rings. The first kappa shape index (κ1) is 26.5. The third kappa shape index (κ3) is 4.23. The minimum atomic E-state index is -3.79. The van der Waals surface area contributed by atoms with E-state index in [9.17, 15) is 28.6 Å². The van der Waals surface area contributed by atoms with E-state index < -0.39 is 54.3 Å². The minimum absolute atomic E-state index is 0.0196. The van der Waals surface area contributed by atoms with Gasteiger partial charge in [-0.2, -0.15) is 0 Å². The van der Waals surface area contributed by atoms with Crippen LogP contribution in [0.4, 0.5) is 24.5 Å². The molecule has 2 aliphatic heterocycles. The van der Waals surface area contributed by atoms with Gasteiger partial charge in [0.05, 0.1) is 18.0 Å². The van der Waals surface area contributed by atoms with Crippen molar-refractivity contribution in [2.75, 3.05) is 29.5 Å². The summed E-state index contributed by atoms with van der Waals surface area (Å²) >= 11 is 12.0. The molecule has 38 heavy (non-hydrogen) atoms. The number of aliphatic hydroxyl groups is 2. The highest BCUT2D eigenvalue weighted by Crippen LogP contribution is 2.47. The summed E-state index contributed by atoms with van der Waals surface area (Å²) in [6.07, 6.45) is -0.509. The SMILES string of the molecule is O=C1c2ccc(Cl)cc2CCN1c1ccc(C(=O)N2CCC(F)(F)[C@](O)(CO)c3cc(Cl)ccc32)cc1F. The second kappa shape index (κ2) is 9.57. The van der Waals surface area contributed by atoms with Gasteiger partial charge in [-0.3, -0.25) is 9.59 Å². The molecule has 3 aromatic carbocycles. The fraction of sp³-hybridized carbons (Fsp3) is 0.259. The molecule has 0 saturated heterocycles. The van der Waals surface area contributed by atoms with Gasteiger partial charge in [0, 0.05) is 46.2 Å². The molecule has 11 heteroatoms. The van der Waals surface area contributed by atoms with Gasteiger partial charge in [0.25, 0.3) is 17.7 Å². The molecule has 3 aromatic rings. The van der Waals surface area contributed by atoms with Crippen LogP contribution in [0.15, 0.2) is 54.6 Å². The van der Waals surface area contributed by atoms with Crippen LogP contribution in [0, 0.1) is 5.82 Å². The lowest BCUT2D eigenvalue weighted by Crippen LogP contribution is -2.48. The molecule has 198 valence electrons. The molecule has 5 rings (SSSR count). The van der Waals surface area contributed by atoms with Crippen LogP contribution in [0.2, 0.25) is 10.0 Å². The van der Waals surface area contributed by atoms with Crippen LogP contribution in [-0.2, 0) is 12.0 Å². The number of rotatable bonds is 3. The van der Waals surface area contributed by atoms with Gasteiger partial charge < -0.3 is 20.0 Å². The van der Waals surface area contributed by atoms with E-state index in [0.29, 0.717) is 17.0 Å². The number of alkyl halides is 2. The first-order valence-corrected chi connectivity index (χ1v) is 12.5. The largest absolute Gasteiger partial charge is 0.393 e. The number of benzene rings is 3. The van der Waals surface area contributed by atoms with Gasteiger partial charge >= 0.3 is 0 Å². The molecule has 2 N–H and O–H groups in total. The summed E-state index contributed by atoms with van der Waals surface area (Å²) in [7, 11) is 0. The average molecular weight is 565 g/mol. The van der Waals surface area contributed by atoms with Gasteiger partial charge in [-0.1, -0.05) is 23.2 Å². The topological polar surface area (TPSA) is 81.1 Å². The Morgan fingerprint density at radius 2 is 1.66 bits per heavy atom. The average Bonchev–Trinajstić information content (AvgIpc) is 2.96. The molecule has 2 heterocycles. The van der Waals surface area contributed by atoms with Crippen molar-refractivity contribution >= 4 is 46.4 Å². The molecule has 0 radical (unpaired) electrons. The smallest absolute Gasteiger partial charge is 0.284 e. The van der Waals surface area contributed by atoms with Crippen molar-refractivity contribution in [3.05, 3.63) is 92.7 Å². The second-order valence-corrected chi connectivity index (χ2v) is 10.1. The summed E-state index contributed by atoms with van der Waals surface area (Å²) in [5.41, 5.74) is -2.51. The monoisotopic (exact) mass is 564 g/mol. The highest BCUT2D eigenvalue weighted by atomic mass is 35.5. The van der Waals surface area contributed by atoms with Crippen LogP contribution >= 0.6 is 23.2 Å². The van der Waals surface area contributed by atoms with Gasteiger partial charge in [-0.25, -0.2) is 13.2 Å². The molecule has 0 unspecified atom stereocenters. The number of fused-ring (bicyclic) bond motifs is 2. The van der Waals surface area contributed by atoms with Crippen molar-refractivity contribution in [2.45, 2.75) is 24.4 Å². The Balaban J connectivity index is 1.49. The fourth-order valence-corrected chi connectivity index (χ4v) is 5.33. The van der Waals surface area contributed by atoms with Crippen LogP contribution in [0.3, 0.4) is 0 Å². The third-order valence-corrected chi connectivity index (χ3v) is 7.53. The lowest BCUT2D eigenvalue weighted by atomic mass is 9.86. The zero-order valence-corrected chi connectivity index (χ0v) is 21.2. The van der Waals surface area contributed by atoms with E-state index in [1.54, 1.807) is 18.2 Å². The summed E-state index contributed by atoms with van der Waals surface area (Å²) in [6.45, 7) is -1.63. The van der Waals surface area contributed by atoms with E-state index in [4.69, 9.17) is 23.2 Å². The van der Waals surface area contributed by atoms with Crippen molar-refractivity contribution in [2.24, 2.45) is 0 Å². The Kier molecular flexibility index (Phi) is 6.67. The number of hydrogen-bond acceptors (Lipinski definition) is 4. The van der Waals surface area contributed by atoms with Gasteiger partial charge in [-0.15, -0.1) is 0 Å². The summed E-state index contributed by atoms with van der Waals surface area (Å²) < 4.78 is 45.2. The summed E-state index contributed by atoms with van der Waals surface area (Å²) in [5, 5.41) is 21.0. The number of nitrogens with zero attached hydrogens (tertiary/aromatic N) is 2. The maximum atomic E-state index is 15.3. The van der Waals surface area contributed by atoms with Gasteiger partial charge in [0.15, 0.2) is 5.60 Å². The first-order valence-electron chi connectivity index (χ1n) is 11.7. The van der Waals surface area contributed by atoms with Gasteiger partial charge in [0.1, 0.15) is 5.82 Å². The molecular weight excluding hydrogens is 544 g/mol. The van der Waals surface area contributed by atoms with Gasteiger partial charge in [-0.05, 0) is 66.6 Å². The fourth-order valence-electron chi connectivity index (χ4n) is 4.96. The maximum Gasteiger partial charge on any atom is 0.284 e. The molecule has 0 aliphatic carbocycles. The van der Waals surface area contributed by atoms with Crippen LogP contribution in [-0.4, -0.2) is 47.6 Å². The van der Waals surface area contributed by atoms with Crippen LogP contribution in [0.5, 0.6) is 0 Å². The number of anilines is 2. The number of carbonyl (C=O) groups excluding carboxylic acids is 2. The van der Waals surface area contributed by atoms with E-state index in [0.717, 1.165) is 22.6 Å². The van der Waals surface area contributed by atoms with Gasteiger partial charge in [0.2, 0.25) is 0 Å². The molecule has 1 atom stereocenters. The number of hydrogen-bond donors (Lipinski definition) is 2. The van der Waals surface area contributed by atoms with E-state index >= 15 is 4.39 Å². The number of carbonyl (C=O) groups is 2. The van der Waals surface area contributed by atoms with E-state index in [2.05, 4.69) is 0 Å². The van der Waals surface area contributed by atoms with Crippen molar-refractivity contribution in [3.8, 4) is 0 Å². The molecule has 0 spiro atoms. The molecule has 0 fully saturated rings. The number of amides is 2. The predicted molar refractivity (Wildman–Crippen MR) is 137 cm³/mol. The molecule has 2 amide bonds. The Bertz CT molecular complexity index is 1470. The predicted octanol–water partition coefficient (Wildman–Crippen LogP) is 5.20. The van der Waals surface area contributed by atoms with Crippen molar-refractivity contribution in [1.29, 1.82) is 0 Å². The molecule has 0 bridgehead atoms. The normalized spacial score (nSPS) is 20.6. The molecular formula is C27H21Cl2F3N2O4.